The summed E-state index contributed by atoms with van der Waals surface area (Å²) in [6.45, 7) is 0. The van der Waals surface area contributed by atoms with E-state index in [1.54, 1.807) is 36.0 Å². The molecule has 1 aliphatic rings. The van der Waals surface area contributed by atoms with Gasteiger partial charge in [-0.15, -0.1) is 11.3 Å². The zero-order chi connectivity index (χ0) is 21.1. The van der Waals surface area contributed by atoms with E-state index in [1.165, 1.54) is 11.3 Å². The summed E-state index contributed by atoms with van der Waals surface area (Å²) < 4.78 is 0. The van der Waals surface area contributed by atoms with Gasteiger partial charge in [0.1, 0.15) is 6.04 Å². The van der Waals surface area contributed by atoms with Crippen LogP contribution in [0.3, 0.4) is 0 Å². The third kappa shape index (κ3) is 3.88. The van der Waals surface area contributed by atoms with Crippen LogP contribution in [0.25, 0.3) is 11.3 Å². The van der Waals surface area contributed by atoms with E-state index < -0.39 is 23.8 Å². The molecular weight excluding hydrogens is 418 g/mol. The second-order valence-electron chi connectivity index (χ2n) is 6.72. The molecule has 152 valence electrons. The molecule has 0 bridgehead atoms. The molecule has 1 aromatic heterocycles. The minimum absolute atomic E-state index is 0.338. The van der Waals surface area contributed by atoms with Crippen molar-refractivity contribution in [1.82, 2.24) is 9.88 Å². The van der Waals surface area contributed by atoms with Gasteiger partial charge in [-0.05, 0) is 30.6 Å². The Hall–Kier alpha value is -2.97. The van der Waals surface area contributed by atoms with Crippen molar-refractivity contribution < 1.29 is 14.4 Å². The zero-order valence-electron chi connectivity index (χ0n) is 16.2. The van der Waals surface area contributed by atoms with Crippen LogP contribution in [0.2, 0.25) is 0 Å². The van der Waals surface area contributed by atoms with Crippen molar-refractivity contribution in [2.24, 2.45) is 0 Å². The Bertz CT molecular complexity index is 1060. The average Bonchev–Trinajstić information content (AvgIpc) is 3.33. The van der Waals surface area contributed by atoms with Crippen LogP contribution >= 0.6 is 23.1 Å². The number of thioether (sulfide) groups is 1. The zero-order valence-corrected chi connectivity index (χ0v) is 17.8. The smallest absolute Gasteiger partial charge is 0.262 e. The molecule has 1 N–H and O–H groups in total. The summed E-state index contributed by atoms with van der Waals surface area (Å²) in [5, 5.41) is 5.10. The molecule has 8 heteroatoms. The summed E-state index contributed by atoms with van der Waals surface area (Å²) in [5.74, 6) is -0.632. The average molecular weight is 438 g/mol. The van der Waals surface area contributed by atoms with Crippen LogP contribution in [0.5, 0.6) is 0 Å². The molecule has 0 spiro atoms. The van der Waals surface area contributed by atoms with E-state index in [4.69, 9.17) is 0 Å². The molecule has 0 saturated heterocycles. The van der Waals surface area contributed by atoms with Crippen molar-refractivity contribution in [1.29, 1.82) is 0 Å². The van der Waals surface area contributed by atoms with Gasteiger partial charge in [0.2, 0.25) is 5.91 Å². The number of nitrogens with one attached hydrogen (secondary N) is 1. The number of hydrogen-bond donors (Lipinski definition) is 1. The molecule has 0 fully saturated rings. The van der Waals surface area contributed by atoms with Gasteiger partial charge in [-0.25, -0.2) is 4.98 Å². The first kappa shape index (κ1) is 20.3. The Morgan fingerprint density at radius 3 is 2.33 bits per heavy atom. The van der Waals surface area contributed by atoms with Crippen LogP contribution in [-0.4, -0.2) is 45.7 Å². The van der Waals surface area contributed by atoms with Gasteiger partial charge in [0.25, 0.3) is 11.8 Å². The van der Waals surface area contributed by atoms with Gasteiger partial charge < -0.3 is 5.32 Å². The largest absolute Gasteiger partial charge is 0.300 e. The van der Waals surface area contributed by atoms with E-state index in [-0.39, 0.29) is 0 Å². The van der Waals surface area contributed by atoms with Crippen LogP contribution in [-0.2, 0) is 4.79 Å². The third-order valence-corrected chi connectivity index (χ3v) is 6.24. The van der Waals surface area contributed by atoms with Crippen LogP contribution in [0.15, 0.2) is 60.0 Å². The maximum absolute atomic E-state index is 13.1. The first-order chi connectivity index (χ1) is 14.6. The number of amides is 3. The Labute approximate surface area is 182 Å². The fourth-order valence-electron chi connectivity index (χ4n) is 3.36. The minimum Gasteiger partial charge on any atom is -0.300 e. The molecule has 3 amide bonds. The number of nitrogens with zero attached hydrogens (tertiary/aromatic N) is 2. The number of carbonyl (C=O) groups excluding carboxylic acids is 3. The standard InChI is InChI=1S/C22H19N3O3S2/c1-29-12-11-18(25-20(27)15-9-5-6-10-16(15)21(25)28)19(26)24-22-23-17(13-30-22)14-7-3-2-4-8-14/h2-10,13,18H,11-12H2,1H3,(H,23,24,26). The molecule has 2 heterocycles. The van der Waals surface area contributed by atoms with Crippen molar-refractivity contribution >= 4 is 46.0 Å². The molecule has 1 unspecified atom stereocenters. The number of thiazole rings is 1. The second kappa shape index (κ2) is 8.81. The van der Waals surface area contributed by atoms with Crippen molar-refractivity contribution in [2.45, 2.75) is 12.5 Å². The molecule has 0 radical (unpaired) electrons. The highest BCUT2D eigenvalue weighted by Crippen LogP contribution is 2.28. The number of fused-ring (bicyclic) bond motifs is 1. The fraction of sp³-hybridized carbons (Fsp3) is 0.182. The first-order valence-corrected chi connectivity index (χ1v) is 11.6. The lowest BCUT2D eigenvalue weighted by Crippen LogP contribution is -2.47. The normalized spacial score (nSPS) is 14.0. The van der Waals surface area contributed by atoms with Crippen molar-refractivity contribution in [2.75, 3.05) is 17.3 Å². The quantitative estimate of drug-likeness (QED) is 0.562. The number of imide groups is 1. The monoisotopic (exact) mass is 437 g/mol. The molecule has 4 rings (SSSR count). The Morgan fingerprint density at radius 2 is 1.70 bits per heavy atom. The van der Waals surface area contributed by atoms with Crippen molar-refractivity contribution in [3.8, 4) is 11.3 Å². The molecule has 2 aromatic carbocycles. The van der Waals surface area contributed by atoms with Crippen LogP contribution < -0.4 is 5.32 Å². The van der Waals surface area contributed by atoms with Crippen molar-refractivity contribution in [3.05, 3.63) is 71.1 Å². The highest BCUT2D eigenvalue weighted by Gasteiger charge is 2.42. The summed E-state index contributed by atoms with van der Waals surface area (Å²) in [4.78, 5) is 44.4. The molecular formula is C22H19N3O3S2. The number of carbonyl (C=O) groups is 3. The number of benzene rings is 2. The van der Waals surface area contributed by atoms with Gasteiger partial charge in [-0.2, -0.15) is 11.8 Å². The lowest BCUT2D eigenvalue weighted by atomic mass is 10.1. The topological polar surface area (TPSA) is 79.4 Å². The summed E-state index contributed by atoms with van der Waals surface area (Å²) >= 11 is 2.87. The first-order valence-electron chi connectivity index (χ1n) is 9.38. The van der Waals surface area contributed by atoms with Crippen LogP contribution in [0.4, 0.5) is 5.13 Å². The van der Waals surface area contributed by atoms with Crippen LogP contribution in [0, 0.1) is 0 Å². The van der Waals surface area contributed by atoms with E-state index in [1.807, 2.05) is 42.0 Å². The minimum atomic E-state index is -0.895. The maximum Gasteiger partial charge on any atom is 0.262 e. The second-order valence-corrected chi connectivity index (χ2v) is 8.56. The Balaban J connectivity index is 1.56. The van der Waals surface area contributed by atoms with E-state index in [0.29, 0.717) is 28.4 Å². The van der Waals surface area contributed by atoms with Gasteiger partial charge in [-0.1, -0.05) is 42.5 Å². The summed E-state index contributed by atoms with van der Waals surface area (Å²) in [6, 6.07) is 15.4. The fourth-order valence-corrected chi connectivity index (χ4v) is 4.54. The van der Waals surface area contributed by atoms with Crippen molar-refractivity contribution in [3.63, 3.8) is 0 Å². The number of aromatic nitrogens is 1. The maximum atomic E-state index is 13.1. The molecule has 6 nitrogen and oxygen atoms in total. The van der Waals surface area contributed by atoms with E-state index in [9.17, 15) is 14.4 Å². The predicted molar refractivity (Wildman–Crippen MR) is 120 cm³/mol. The number of anilines is 1. The van der Waals surface area contributed by atoms with E-state index in [0.717, 1.165) is 16.2 Å². The molecule has 30 heavy (non-hydrogen) atoms. The SMILES string of the molecule is CSCCC(C(=O)Nc1nc(-c2ccccc2)cs1)N1C(=O)c2ccccc2C1=O. The van der Waals surface area contributed by atoms with Gasteiger partial charge in [0.05, 0.1) is 16.8 Å². The highest BCUT2D eigenvalue weighted by molar-refractivity contribution is 7.98. The van der Waals surface area contributed by atoms with Crippen LogP contribution in [0.1, 0.15) is 27.1 Å². The van der Waals surface area contributed by atoms with E-state index in [2.05, 4.69) is 10.3 Å². The summed E-state index contributed by atoms with van der Waals surface area (Å²) in [7, 11) is 0. The lowest BCUT2D eigenvalue weighted by molar-refractivity contribution is -0.120. The number of rotatable bonds is 7. The summed E-state index contributed by atoms with van der Waals surface area (Å²) in [5.41, 5.74) is 2.39. The van der Waals surface area contributed by atoms with Gasteiger partial charge in [0, 0.05) is 10.9 Å². The molecule has 1 atom stereocenters. The van der Waals surface area contributed by atoms with Gasteiger partial charge in [0.15, 0.2) is 5.13 Å². The third-order valence-electron chi connectivity index (χ3n) is 4.84. The number of hydrogen-bond acceptors (Lipinski definition) is 6. The van der Waals surface area contributed by atoms with Gasteiger partial charge >= 0.3 is 0 Å². The lowest BCUT2D eigenvalue weighted by Gasteiger charge is -2.24. The van der Waals surface area contributed by atoms with Gasteiger partial charge in [-0.3, -0.25) is 19.3 Å². The molecule has 3 aromatic rings. The summed E-state index contributed by atoms with van der Waals surface area (Å²) in [6.07, 6.45) is 2.29. The van der Waals surface area contributed by atoms with E-state index >= 15 is 0 Å². The molecule has 1 aliphatic heterocycles. The molecule has 0 aliphatic carbocycles. The highest BCUT2D eigenvalue weighted by atomic mass is 32.2. The Kier molecular flexibility index (Phi) is 5.96. The predicted octanol–water partition coefficient (Wildman–Crippen LogP) is 4.17. The Morgan fingerprint density at radius 1 is 1.07 bits per heavy atom. The molecule has 0 saturated carbocycles.